The van der Waals surface area contributed by atoms with E-state index in [1.807, 2.05) is 19.1 Å². The maximum Gasteiger partial charge on any atom is 0.306 e. The van der Waals surface area contributed by atoms with Crippen molar-refractivity contribution < 1.29 is 9.90 Å². The van der Waals surface area contributed by atoms with Crippen LogP contribution in [0.5, 0.6) is 0 Å². The monoisotopic (exact) mass is 274 g/mol. The molecule has 106 valence electrons. The van der Waals surface area contributed by atoms with E-state index in [9.17, 15) is 4.79 Å². The van der Waals surface area contributed by atoms with Crippen LogP contribution in [0.25, 0.3) is 5.65 Å². The zero-order valence-electron chi connectivity index (χ0n) is 11.4. The number of carboxylic acids is 1. The van der Waals surface area contributed by atoms with E-state index in [1.54, 1.807) is 10.8 Å². The second-order valence-electron chi connectivity index (χ2n) is 5.48. The maximum atomic E-state index is 11.0. The maximum absolute atomic E-state index is 11.0. The van der Waals surface area contributed by atoms with Crippen LogP contribution in [0, 0.1) is 12.8 Å². The lowest BCUT2D eigenvalue weighted by Gasteiger charge is -2.27. The fraction of sp³-hybridized carbons (Fsp3) is 0.500. The topological polar surface area (TPSA) is 79.5 Å². The van der Waals surface area contributed by atoms with Crippen LogP contribution >= 0.6 is 0 Å². The van der Waals surface area contributed by atoms with E-state index in [2.05, 4.69) is 15.4 Å². The first-order valence-electron chi connectivity index (χ1n) is 6.93. The third-order valence-electron chi connectivity index (χ3n) is 3.95. The SMILES string of the molecule is Cc1cc(NC2CCC(C(=O)O)CC2)n2ncnc2c1. The molecule has 0 atom stereocenters. The summed E-state index contributed by atoms with van der Waals surface area (Å²) in [6, 6.07) is 4.34. The van der Waals surface area contributed by atoms with Gasteiger partial charge in [0.2, 0.25) is 0 Å². The number of aromatic nitrogens is 3. The summed E-state index contributed by atoms with van der Waals surface area (Å²) in [5, 5.41) is 16.7. The van der Waals surface area contributed by atoms with Crippen LogP contribution in [0.3, 0.4) is 0 Å². The van der Waals surface area contributed by atoms with Gasteiger partial charge in [0.25, 0.3) is 0 Å². The van der Waals surface area contributed by atoms with Crippen molar-refractivity contribution >= 4 is 17.4 Å². The van der Waals surface area contributed by atoms with Crippen molar-refractivity contribution in [3.8, 4) is 0 Å². The molecule has 1 fully saturated rings. The van der Waals surface area contributed by atoms with Crippen LogP contribution in [0.2, 0.25) is 0 Å². The molecule has 1 aliphatic rings. The van der Waals surface area contributed by atoms with Gasteiger partial charge >= 0.3 is 5.97 Å². The molecule has 0 aliphatic heterocycles. The number of nitrogens with zero attached hydrogens (tertiary/aromatic N) is 3. The molecule has 0 aromatic carbocycles. The quantitative estimate of drug-likeness (QED) is 0.896. The average molecular weight is 274 g/mol. The van der Waals surface area contributed by atoms with E-state index in [0.717, 1.165) is 42.7 Å². The van der Waals surface area contributed by atoms with Gasteiger partial charge in [-0.2, -0.15) is 9.61 Å². The highest BCUT2D eigenvalue weighted by Crippen LogP contribution is 2.27. The highest BCUT2D eigenvalue weighted by molar-refractivity contribution is 5.70. The van der Waals surface area contributed by atoms with Gasteiger partial charge in [0.05, 0.1) is 5.92 Å². The first-order valence-corrected chi connectivity index (χ1v) is 6.93. The minimum atomic E-state index is -0.669. The Morgan fingerprint density at radius 1 is 1.35 bits per heavy atom. The molecule has 0 amide bonds. The average Bonchev–Trinajstić information content (AvgIpc) is 2.87. The van der Waals surface area contributed by atoms with E-state index in [4.69, 9.17) is 5.11 Å². The molecule has 6 heteroatoms. The minimum Gasteiger partial charge on any atom is -0.481 e. The lowest BCUT2D eigenvalue weighted by Crippen LogP contribution is -2.30. The molecule has 1 saturated carbocycles. The summed E-state index contributed by atoms with van der Waals surface area (Å²) in [6.07, 6.45) is 4.77. The van der Waals surface area contributed by atoms with Gasteiger partial charge in [0.15, 0.2) is 5.65 Å². The van der Waals surface area contributed by atoms with E-state index < -0.39 is 5.97 Å². The Hall–Kier alpha value is -2.11. The summed E-state index contributed by atoms with van der Waals surface area (Å²) < 4.78 is 1.79. The lowest BCUT2D eigenvalue weighted by molar-refractivity contribution is -0.142. The van der Waals surface area contributed by atoms with Crippen molar-refractivity contribution in [1.82, 2.24) is 14.6 Å². The zero-order chi connectivity index (χ0) is 14.1. The molecule has 0 bridgehead atoms. The lowest BCUT2D eigenvalue weighted by atomic mass is 9.86. The van der Waals surface area contributed by atoms with E-state index in [-0.39, 0.29) is 5.92 Å². The molecular formula is C14H18N4O2. The minimum absolute atomic E-state index is 0.183. The molecule has 1 aliphatic carbocycles. The van der Waals surface area contributed by atoms with E-state index in [0.29, 0.717) is 6.04 Å². The molecule has 6 nitrogen and oxygen atoms in total. The van der Waals surface area contributed by atoms with Gasteiger partial charge in [-0.05, 0) is 50.3 Å². The zero-order valence-corrected chi connectivity index (χ0v) is 11.4. The summed E-state index contributed by atoms with van der Waals surface area (Å²) in [5.41, 5.74) is 1.96. The van der Waals surface area contributed by atoms with Gasteiger partial charge in [-0.3, -0.25) is 4.79 Å². The molecule has 20 heavy (non-hydrogen) atoms. The number of hydrogen-bond donors (Lipinski definition) is 2. The number of rotatable bonds is 3. The summed E-state index contributed by atoms with van der Waals surface area (Å²) in [4.78, 5) is 15.2. The van der Waals surface area contributed by atoms with Crippen molar-refractivity contribution in [3.05, 3.63) is 24.0 Å². The fourth-order valence-corrected chi connectivity index (χ4v) is 2.85. The fourth-order valence-electron chi connectivity index (χ4n) is 2.85. The molecule has 3 rings (SSSR count). The Bertz CT molecular complexity index is 629. The summed E-state index contributed by atoms with van der Waals surface area (Å²) in [5.74, 6) is 0.0749. The Morgan fingerprint density at radius 3 is 2.80 bits per heavy atom. The van der Waals surface area contributed by atoms with Crippen LogP contribution in [-0.2, 0) is 4.79 Å². The van der Waals surface area contributed by atoms with Crippen molar-refractivity contribution in [1.29, 1.82) is 0 Å². The number of aliphatic carboxylic acids is 1. The second kappa shape index (κ2) is 5.11. The van der Waals surface area contributed by atoms with Gasteiger partial charge in [-0.15, -0.1) is 0 Å². The van der Waals surface area contributed by atoms with Gasteiger partial charge in [-0.25, -0.2) is 4.98 Å². The molecule has 0 unspecified atom stereocenters. The smallest absolute Gasteiger partial charge is 0.306 e. The highest BCUT2D eigenvalue weighted by Gasteiger charge is 2.26. The first-order chi connectivity index (χ1) is 9.63. The molecular weight excluding hydrogens is 256 g/mol. The van der Waals surface area contributed by atoms with Crippen LogP contribution in [0.4, 0.5) is 5.82 Å². The molecule has 0 radical (unpaired) electrons. The van der Waals surface area contributed by atoms with Crippen LogP contribution in [-0.4, -0.2) is 31.7 Å². The van der Waals surface area contributed by atoms with Crippen LogP contribution in [0.15, 0.2) is 18.5 Å². The van der Waals surface area contributed by atoms with E-state index in [1.165, 1.54) is 0 Å². The molecule has 2 aromatic rings. The Kier molecular flexibility index (Phi) is 3.30. The number of nitrogens with one attached hydrogen (secondary N) is 1. The predicted octanol–water partition coefficient (Wildman–Crippen LogP) is 2.09. The Balaban J connectivity index is 1.74. The molecule has 0 saturated heterocycles. The van der Waals surface area contributed by atoms with Crippen molar-refractivity contribution in [3.63, 3.8) is 0 Å². The Morgan fingerprint density at radius 2 is 2.10 bits per heavy atom. The molecule has 2 aromatic heterocycles. The van der Waals surface area contributed by atoms with Crippen LogP contribution in [0.1, 0.15) is 31.2 Å². The highest BCUT2D eigenvalue weighted by atomic mass is 16.4. The number of carboxylic acid groups (broad SMARTS) is 1. The number of hydrogen-bond acceptors (Lipinski definition) is 4. The number of carbonyl (C=O) groups is 1. The normalized spacial score (nSPS) is 22.9. The molecule has 0 spiro atoms. The van der Waals surface area contributed by atoms with Crippen LogP contribution < -0.4 is 5.32 Å². The van der Waals surface area contributed by atoms with Gasteiger partial charge in [0, 0.05) is 6.04 Å². The Labute approximate surface area is 116 Å². The summed E-state index contributed by atoms with van der Waals surface area (Å²) in [7, 11) is 0. The third-order valence-corrected chi connectivity index (χ3v) is 3.95. The first kappa shape index (κ1) is 12.9. The molecule has 2 heterocycles. The largest absolute Gasteiger partial charge is 0.481 e. The van der Waals surface area contributed by atoms with Gasteiger partial charge in [-0.1, -0.05) is 0 Å². The summed E-state index contributed by atoms with van der Waals surface area (Å²) >= 11 is 0. The second-order valence-corrected chi connectivity index (χ2v) is 5.48. The van der Waals surface area contributed by atoms with Crippen molar-refractivity contribution in [2.75, 3.05) is 5.32 Å². The number of anilines is 1. The number of aryl methyl sites for hydroxylation is 1. The third kappa shape index (κ3) is 2.45. The number of fused-ring (bicyclic) bond motifs is 1. The number of pyridine rings is 1. The standard InChI is InChI=1S/C14H18N4O2/c1-9-6-12-15-8-16-18(12)13(7-9)17-11-4-2-10(3-5-11)14(19)20/h6-8,10-11,17H,2-5H2,1H3,(H,19,20). The van der Waals surface area contributed by atoms with Gasteiger partial charge < -0.3 is 10.4 Å². The van der Waals surface area contributed by atoms with Crippen molar-refractivity contribution in [2.45, 2.75) is 38.6 Å². The summed E-state index contributed by atoms with van der Waals surface area (Å²) in [6.45, 7) is 2.03. The predicted molar refractivity (Wildman–Crippen MR) is 74.7 cm³/mol. The molecule has 2 N–H and O–H groups in total. The van der Waals surface area contributed by atoms with Gasteiger partial charge in [0.1, 0.15) is 12.1 Å². The van der Waals surface area contributed by atoms with E-state index >= 15 is 0 Å². The van der Waals surface area contributed by atoms with Crippen molar-refractivity contribution in [2.24, 2.45) is 5.92 Å².